The van der Waals surface area contributed by atoms with Crippen molar-refractivity contribution < 1.29 is 4.79 Å². The van der Waals surface area contributed by atoms with Crippen LogP contribution in [0.1, 0.15) is 28.2 Å². The molecule has 1 aliphatic carbocycles. The van der Waals surface area contributed by atoms with Crippen molar-refractivity contribution in [3.63, 3.8) is 0 Å². The molecule has 6 nitrogen and oxygen atoms in total. The van der Waals surface area contributed by atoms with Crippen LogP contribution < -0.4 is 5.32 Å². The molecule has 0 radical (unpaired) electrons. The Morgan fingerprint density at radius 2 is 2.32 bits per heavy atom. The van der Waals surface area contributed by atoms with Crippen LogP contribution in [0.15, 0.2) is 29.9 Å². The minimum atomic E-state index is -0.202. The molecule has 0 saturated heterocycles. The van der Waals surface area contributed by atoms with Gasteiger partial charge in [-0.05, 0) is 31.4 Å². The monoisotopic (exact) mass is 311 g/mol. The van der Waals surface area contributed by atoms with E-state index in [1.165, 1.54) is 11.3 Å². The average Bonchev–Trinajstić information content (AvgIpc) is 3.24. The Morgan fingerprint density at radius 3 is 3.18 bits per heavy atom. The number of aryl methyl sites for hydroxylation is 1. The minimum absolute atomic E-state index is 0.202. The summed E-state index contributed by atoms with van der Waals surface area (Å²) in [6.45, 7) is 0. The fraction of sp³-hybridized carbons (Fsp3) is 0.200. The number of pyridine rings is 1. The molecule has 0 aliphatic heterocycles. The van der Waals surface area contributed by atoms with Crippen molar-refractivity contribution in [3.05, 3.63) is 46.9 Å². The first kappa shape index (κ1) is 13.1. The zero-order valence-electron chi connectivity index (χ0n) is 11.7. The number of thiazole rings is 1. The molecule has 3 aromatic rings. The van der Waals surface area contributed by atoms with E-state index < -0.39 is 0 Å². The van der Waals surface area contributed by atoms with E-state index in [2.05, 4.69) is 25.5 Å². The highest BCUT2D eigenvalue weighted by Crippen LogP contribution is 2.26. The van der Waals surface area contributed by atoms with Crippen molar-refractivity contribution in [2.24, 2.45) is 0 Å². The van der Waals surface area contributed by atoms with Gasteiger partial charge in [0.2, 0.25) is 0 Å². The first-order valence-electron chi connectivity index (χ1n) is 7.04. The number of aromatic amines is 1. The zero-order valence-corrected chi connectivity index (χ0v) is 12.5. The highest BCUT2D eigenvalue weighted by atomic mass is 32.1. The number of amides is 1. The van der Waals surface area contributed by atoms with Crippen molar-refractivity contribution in [2.45, 2.75) is 19.3 Å². The first-order valence-corrected chi connectivity index (χ1v) is 7.92. The molecule has 7 heteroatoms. The van der Waals surface area contributed by atoms with Gasteiger partial charge in [-0.1, -0.05) is 0 Å². The van der Waals surface area contributed by atoms with Crippen LogP contribution in [0.2, 0.25) is 0 Å². The zero-order chi connectivity index (χ0) is 14.9. The predicted octanol–water partition coefficient (Wildman–Crippen LogP) is 2.67. The number of anilines is 1. The quantitative estimate of drug-likeness (QED) is 0.779. The standard InChI is InChI=1S/C15H13N5OS/c21-14(13-10-4-1-5-11(10)19-20-13)18-15-17-12(8-22-15)9-3-2-6-16-7-9/h2-3,6-8H,1,4-5H2,(H,19,20)(H,17,18,21). The van der Waals surface area contributed by atoms with Gasteiger partial charge in [-0.25, -0.2) is 4.98 Å². The number of nitrogens with zero attached hydrogens (tertiary/aromatic N) is 3. The van der Waals surface area contributed by atoms with Gasteiger partial charge in [-0.2, -0.15) is 5.10 Å². The van der Waals surface area contributed by atoms with Crippen molar-refractivity contribution in [1.29, 1.82) is 0 Å². The molecule has 4 rings (SSSR count). The lowest BCUT2D eigenvalue weighted by molar-refractivity contribution is 0.102. The van der Waals surface area contributed by atoms with Gasteiger partial charge in [0.1, 0.15) is 0 Å². The number of aromatic nitrogens is 4. The van der Waals surface area contributed by atoms with Crippen molar-refractivity contribution >= 4 is 22.4 Å². The molecule has 0 bridgehead atoms. The molecule has 3 aromatic heterocycles. The number of rotatable bonds is 3. The van der Waals surface area contributed by atoms with Gasteiger partial charge in [-0.3, -0.25) is 20.2 Å². The summed E-state index contributed by atoms with van der Waals surface area (Å²) in [6.07, 6.45) is 6.43. The van der Waals surface area contributed by atoms with Crippen LogP contribution in [-0.4, -0.2) is 26.1 Å². The van der Waals surface area contributed by atoms with E-state index >= 15 is 0 Å². The largest absolute Gasteiger partial charge is 0.296 e. The van der Waals surface area contributed by atoms with Gasteiger partial charge in [0.25, 0.3) is 5.91 Å². The molecule has 1 amide bonds. The molecule has 0 atom stereocenters. The van der Waals surface area contributed by atoms with Gasteiger partial charge in [0.05, 0.1) is 5.69 Å². The molecule has 2 N–H and O–H groups in total. The Kier molecular flexibility index (Phi) is 3.19. The highest BCUT2D eigenvalue weighted by molar-refractivity contribution is 7.14. The molecule has 110 valence electrons. The van der Waals surface area contributed by atoms with Crippen molar-refractivity contribution in [2.75, 3.05) is 5.32 Å². The summed E-state index contributed by atoms with van der Waals surface area (Å²) in [6, 6.07) is 3.80. The van der Waals surface area contributed by atoms with Gasteiger partial charge in [-0.15, -0.1) is 11.3 Å². The van der Waals surface area contributed by atoms with E-state index in [1.54, 1.807) is 12.4 Å². The normalized spacial score (nSPS) is 13.1. The number of nitrogens with one attached hydrogen (secondary N) is 2. The van der Waals surface area contributed by atoms with Crippen LogP contribution in [0.25, 0.3) is 11.3 Å². The van der Waals surface area contributed by atoms with Crippen LogP contribution in [0.3, 0.4) is 0 Å². The summed E-state index contributed by atoms with van der Waals surface area (Å²) in [5, 5.41) is 12.4. The molecule has 3 heterocycles. The number of H-pyrrole nitrogens is 1. The van der Waals surface area contributed by atoms with Gasteiger partial charge >= 0.3 is 0 Å². The van der Waals surface area contributed by atoms with Gasteiger partial charge in [0, 0.05) is 34.6 Å². The van der Waals surface area contributed by atoms with Crippen LogP contribution in [0, 0.1) is 0 Å². The van der Waals surface area contributed by atoms with Crippen LogP contribution in [0.5, 0.6) is 0 Å². The summed E-state index contributed by atoms with van der Waals surface area (Å²) in [7, 11) is 0. The Labute approximate surface area is 130 Å². The fourth-order valence-corrected chi connectivity index (χ4v) is 3.36. The third-order valence-electron chi connectivity index (χ3n) is 3.70. The summed E-state index contributed by atoms with van der Waals surface area (Å²) < 4.78 is 0. The van der Waals surface area contributed by atoms with E-state index in [0.29, 0.717) is 10.8 Å². The molecular formula is C15H13N5OS. The maximum atomic E-state index is 12.3. The number of hydrogen-bond donors (Lipinski definition) is 2. The third-order valence-corrected chi connectivity index (χ3v) is 4.46. The molecule has 0 spiro atoms. The second kappa shape index (κ2) is 5.34. The predicted molar refractivity (Wildman–Crippen MR) is 83.9 cm³/mol. The maximum Gasteiger partial charge on any atom is 0.278 e. The molecule has 0 fully saturated rings. The maximum absolute atomic E-state index is 12.3. The number of carbonyl (C=O) groups excluding carboxylic acids is 1. The average molecular weight is 311 g/mol. The Morgan fingerprint density at radius 1 is 1.36 bits per heavy atom. The van der Waals surface area contributed by atoms with Crippen LogP contribution in [-0.2, 0) is 12.8 Å². The van der Waals surface area contributed by atoms with E-state index in [1.807, 2.05) is 17.5 Å². The van der Waals surface area contributed by atoms with E-state index in [4.69, 9.17) is 0 Å². The second-order valence-electron chi connectivity index (χ2n) is 5.12. The number of carbonyl (C=O) groups is 1. The first-order chi connectivity index (χ1) is 10.8. The van der Waals surface area contributed by atoms with Crippen molar-refractivity contribution in [3.8, 4) is 11.3 Å². The molecule has 0 unspecified atom stereocenters. The van der Waals surface area contributed by atoms with Gasteiger partial charge < -0.3 is 0 Å². The van der Waals surface area contributed by atoms with E-state index in [0.717, 1.165) is 41.8 Å². The number of hydrogen-bond acceptors (Lipinski definition) is 5. The third kappa shape index (κ3) is 2.29. The second-order valence-corrected chi connectivity index (χ2v) is 5.97. The Bertz CT molecular complexity index is 824. The number of fused-ring (bicyclic) bond motifs is 1. The molecule has 1 aliphatic rings. The molecule has 0 aromatic carbocycles. The van der Waals surface area contributed by atoms with E-state index in [-0.39, 0.29) is 5.91 Å². The SMILES string of the molecule is O=C(Nc1nc(-c2cccnc2)cs1)c1n[nH]c2c1CCC2. The smallest absolute Gasteiger partial charge is 0.278 e. The lowest BCUT2D eigenvalue weighted by atomic mass is 10.2. The Hall–Kier alpha value is -2.54. The van der Waals surface area contributed by atoms with Crippen LogP contribution >= 0.6 is 11.3 Å². The lowest BCUT2D eigenvalue weighted by Gasteiger charge is -2.00. The van der Waals surface area contributed by atoms with Crippen LogP contribution in [0.4, 0.5) is 5.13 Å². The molecule has 22 heavy (non-hydrogen) atoms. The molecule has 0 saturated carbocycles. The lowest BCUT2D eigenvalue weighted by Crippen LogP contribution is -2.14. The summed E-state index contributed by atoms with van der Waals surface area (Å²) in [5.74, 6) is -0.202. The fourth-order valence-electron chi connectivity index (χ4n) is 2.64. The van der Waals surface area contributed by atoms with Crippen molar-refractivity contribution in [1.82, 2.24) is 20.2 Å². The molecular weight excluding hydrogens is 298 g/mol. The van der Waals surface area contributed by atoms with Gasteiger partial charge in [0.15, 0.2) is 10.8 Å². The Balaban J connectivity index is 1.54. The summed E-state index contributed by atoms with van der Waals surface area (Å²) in [4.78, 5) is 20.8. The highest BCUT2D eigenvalue weighted by Gasteiger charge is 2.23. The summed E-state index contributed by atoms with van der Waals surface area (Å²) >= 11 is 1.39. The van der Waals surface area contributed by atoms with E-state index in [9.17, 15) is 4.79 Å². The summed E-state index contributed by atoms with van der Waals surface area (Å²) in [5.41, 5.74) is 4.35. The topological polar surface area (TPSA) is 83.6 Å². The minimum Gasteiger partial charge on any atom is -0.296 e.